The Hall–Kier alpha value is -2.67. The van der Waals surface area contributed by atoms with E-state index in [1.54, 1.807) is 29.0 Å². The number of imidazole rings is 1. The van der Waals surface area contributed by atoms with E-state index in [0.717, 1.165) is 27.8 Å². The fraction of sp³-hybridized carbons (Fsp3) is 0.286. The minimum absolute atomic E-state index is 0.0524. The van der Waals surface area contributed by atoms with Crippen LogP contribution in [0.25, 0.3) is 11.0 Å². The molecular formula is C21H21BrN4O2. The smallest absolute Gasteiger partial charge is 0.254 e. The van der Waals surface area contributed by atoms with Crippen LogP contribution in [0.4, 0.5) is 0 Å². The highest BCUT2D eigenvalue weighted by Crippen LogP contribution is 2.23. The van der Waals surface area contributed by atoms with Crippen molar-refractivity contribution in [1.82, 2.24) is 19.8 Å². The largest absolute Gasteiger partial charge is 0.340 e. The predicted octanol–water partition coefficient (Wildman–Crippen LogP) is 3.59. The summed E-state index contributed by atoms with van der Waals surface area (Å²) in [7, 11) is 1.76. The second-order valence-corrected chi connectivity index (χ2v) is 7.97. The molecule has 1 aromatic heterocycles. The Balaban J connectivity index is 1.47. The van der Waals surface area contributed by atoms with Gasteiger partial charge < -0.3 is 14.8 Å². The summed E-state index contributed by atoms with van der Waals surface area (Å²) < 4.78 is 0.920. The van der Waals surface area contributed by atoms with Gasteiger partial charge in [-0.1, -0.05) is 28.1 Å². The summed E-state index contributed by atoms with van der Waals surface area (Å²) in [5, 5.41) is 0. The first-order valence-electron chi connectivity index (χ1n) is 9.28. The standard InChI is InChI=1S/C21H21BrN4O2/c1-25(13-19-23-16-5-2-3-6-17(16)24-19)21(28)18-7-4-12-26(18)20(27)14-8-10-15(22)11-9-14/h2-3,5-6,8-11,18H,4,7,12-13H2,1H3,(H,23,24). The summed E-state index contributed by atoms with van der Waals surface area (Å²) in [6.07, 6.45) is 1.52. The summed E-state index contributed by atoms with van der Waals surface area (Å²) >= 11 is 3.38. The number of H-pyrrole nitrogens is 1. The second kappa shape index (κ2) is 7.75. The number of likely N-dealkylation sites (N-methyl/N-ethyl adjacent to an activating group) is 1. The number of amides is 2. The van der Waals surface area contributed by atoms with E-state index in [-0.39, 0.29) is 11.8 Å². The summed E-state index contributed by atoms with van der Waals surface area (Å²) in [6.45, 7) is 0.980. The van der Waals surface area contributed by atoms with E-state index in [1.807, 2.05) is 36.4 Å². The number of aromatic nitrogens is 2. The van der Waals surface area contributed by atoms with Crippen LogP contribution in [0.5, 0.6) is 0 Å². The number of halogens is 1. The Labute approximate surface area is 171 Å². The highest BCUT2D eigenvalue weighted by molar-refractivity contribution is 9.10. The van der Waals surface area contributed by atoms with Crippen molar-refractivity contribution >= 4 is 38.8 Å². The molecule has 0 spiro atoms. The fourth-order valence-corrected chi connectivity index (χ4v) is 3.93. The van der Waals surface area contributed by atoms with Gasteiger partial charge in [-0.15, -0.1) is 0 Å². The van der Waals surface area contributed by atoms with Gasteiger partial charge in [0, 0.05) is 23.6 Å². The summed E-state index contributed by atoms with van der Waals surface area (Å²) in [5.41, 5.74) is 2.43. The molecule has 1 atom stereocenters. The van der Waals surface area contributed by atoms with Crippen molar-refractivity contribution in [2.24, 2.45) is 0 Å². The Morgan fingerprint density at radius 2 is 1.96 bits per heavy atom. The minimum atomic E-state index is -0.425. The molecule has 0 bridgehead atoms. The van der Waals surface area contributed by atoms with Gasteiger partial charge in [0.05, 0.1) is 17.6 Å². The van der Waals surface area contributed by atoms with Crippen molar-refractivity contribution in [3.8, 4) is 0 Å². The number of carbonyl (C=O) groups excluding carboxylic acids is 2. The molecule has 1 unspecified atom stereocenters. The molecule has 2 aromatic carbocycles. The molecular weight excluding hydrogens is 420 g/mol. The minimum Gasteiger partial charge on any atom is -0.340 e. The van der Waals surface area contributed by atoms with E-state index in [1.165, 1.54) is 0 Å². The third-order valence-corrected chi connectivity index (χ3v) is 5.62. The van der Waals surface area contributed by atoms with Crippen molar-refractivity contribution < 1.29 is 9.59 Å². The molecule has 3 aromatic rings. The van der Waals surface area contributed by atoms with E-state index in [4.69, 9.17) is 0 Å². The van der Waals surface area contributed by atoms with Crippen LogP contribution >= 0.6 is 15.9 Å². The number of hydrogen-bond acceptors (Lipinski definition) is 3. The Bertz CT molecular complexity index is 982. The molecule has 4 rings (SSSR count). The SMILES string of the molecule is CN(Cc1nc2ccccc2[nH]1)C(=O)C1CCCN1C(=O)c1ccc(Br)cc1. The van der Waals surface area contributed by atoms with Crippen molar-refractivity contribution in [1.29, 1.82) is 0 Å². The number of rotatable bonds is 4. The average molecular weight is 441 g/mol. The van der Waals surface area contributed by atoms with Crippen molar-refractivity contribution in [2.75, 3.05) is 13.6 Å². The van der Waals surface area contributed by atoms with Crippen LogP contribution in [-0.4, -0.2) is 51.2 Å². The van der Waals surface area contributed by atoms with Gasteiger partial charge in [-0.25, -0.2) is 4.98 Å². The molecule has 28 heavy (non-hydrogen) atoms. The van der Waals surface area contributed by atoms with E-state index in [0.29, 0.717) is 25.1 Å². The lowest BCUT2D eigenvalue weighted by atomic mass is 10.1. The molecule has 2 heterocycles. The highest BCUT2D eigenvalue weighted by atomic mass is 79.9. The molecule has 1 fully saturated rings. The number of likely N-dealkylation sites (tertiary alicyclic amines) is 1. The molecule has 1 aliphatic rings. The molecule has 6 nitrogen and oxygen atoms in total. The zero-order valence-corrected chi connectivity index (χ0v) is 17.1. The lowest BCUT2D eigenvalue weighted by Gasteiger charge is -2.27. The number of aromatic amines is 1. The number of para-hydroxylation sites is 2. The molecule has 1 N–H and O–H groups in total. The topological polar surface area (TPSA) is 69.3 Å². The quantitative estimate of drug-likeness (QED) is 0.673. The molecule has 7 heteroatoms. The third-order valence-electron chi connectivity index (χ3n) is 5.09. The van der Waals surface area contributed by atoms with Gasteiger partial charge in [-0.05, 0) is 49.2 Å². The van der Waals surface area contributed by atoms with Crippen LogP contribution in [0.2, 0.25) is 0 Å². The van der Waals surface area contributed by atoms with Gasteiger partial charge in [0.1, 0.15) is 11.9 Å². The van der Waals surface area contributed by atoms with Crippen molar-refractivity contribution in [3.63, 3.8) is 0 Å². The van der Waals surface area contributed by atoms with Gasteiger partial charge in [0.25, 0.3) is 5.91 Å². The summed E-state index contributed by atoms with van der Waals surface area (Å²) in [6, 6.07) is 14.6. The zero-order valence-electron chi connectivity index (χ0n) is 15.6. The first-order valence-corrected chi connectivity index (χ1v) is 10.1. The lowest BCUT2D eigenvalue weighted by Crippen LogP contribution is -2.46. The van der Waals surface area contributed by atoms with Crippen molar-refractivity contribution in [2.45, 2.75) is 25.4 Å². The zero-order chi connectivity index (χ0) is 19.7. The van der Waals surface area contributed by atoms with E-state index >= 15 is 0 Å². The molecule has 2 amide bonds. The molecule has 1 saturated heterocycles. The van der Waals surface area contributed by atoms with Gasteiger partial charge in [-0.3, -0.25) is 9.59 Å². The number of hydrogen-bond donors (Lipinski definition) is 1. The number of nitrogens with zero attached hydrogens (tertiary/aromatic N) is 3. The van der Waals surface area contributed by atoms with E-state index < -0.39 is 6.04 Å². The van der Waals surface area contributed by atoms with Gasteiger partial charge in [0.15, 0.2) is 0 Å². The molecule has 144 valence electrons. The average Bonchev–Trinajstić information content (AvgIpc) is 3.33. The highest BCUT2D eigenvalue weighted by Gasteiger charge is 2.36. The first-order chi connectivity index (χ1) is 13.5. The maximum absolute atomic E-state index is 13.0. The number of fused-ring (bicyclic) bond motifs is 1. The normalized spacial score (nSPS) is 16.5. The van der Waals surface area contributed by atoms with Gasteiger partial charge in [-0.2, -0.15) is 0 Å². The predicted molar refractivity (Wildman–Crippen MR) is 111 cm³/mol. The van der Waals surface area contributed by atoms with Crippen molar-refractivity contribution in [3.05, 3.63) is 64.4 Å². The number of carbonyl (C=O) groups is 2. The molecule has 1 aliphatic heterocycles. The van der Waals surface area contributed by atoms with Crippen LogP contribution in [0, 0.1) is 0 Å². The first kappa shape index (κ1) is 18.7. The monoisotopic (exact) mass is 440 g/mol. The Kier molecular flexibility index (Phi) is 5.17. The molecule has 0 radical (unpaired) electrons. The molecule has 0 aliphatic carbocycles. The number of nitrogens with one attached hydrogen (secondary N) is 1. The van der Waals surface area contributed by atoms with E-state index in [2.05, 4.69) is 25.9 Å². The fourth-order valence-electron chi connectivity index (χ4n) is 3.66. The van der Waals surface area contributed by atoms with Crippen LogP contribution in [0.1, 0.15) is 29.0 Å². The van der Waals surface area contributed by atoms with Gasteiger partial charge >= 0.3 is 0 Å². The maximum atomic E-state index is 13.0. The Morgan fingerprint density at radius 1 is 1.21 bits per heavy atom. The Morgan fingerprint density at radius 3 is 2.71 bits per heavy atom. The lowest BCUT2D eigenvalue weighted by molar-refractivity contribution is -0.134. The second-order valence-electron chi connectivity index (χ2n) is 7.06. The summed E-state index contributed by atoms with van der Waals surface area (Å²) in [5.74, 6) is 0.588. The van der Waals surface area contributed by atoms with Crippen LogP contribution in [0.3, 0.4) is 0 Å². The maximum Gasteiger partial charge on any atom is 0.254 e. The number of benzene rings is 2. The van der Waals surface area contributed by atoms with Crippen LogP contribution < -0.4 is 0 Å². The van der Waals surface area contributed by atoms with E-state index in [9.17, 15) is 9.59 Å². The van der Waals surface area contributed by atoms with Crippen LogP contribution in [0.15, 0.2) is 53.0 Å². The third kappa shape index (κ3) is 3.67. The molecule has 0 saturated carbocycles. The van der Waals surface area contributed by atoms with Crippen LogP contribution in [-0.2, 0) is 11.3 Å². The summed E-state index contributed by atoms with van der Waals surface area (Å²) in [4.78, 5) is 37.1. The van der Waals surface area contributed by atoms with Gasteiger partial charge in [0.2, 0.25) is 5.91 Å².